The molecule has 0 aliphatic rings. The summed E-state index contributed by atoms with van der Waals surface area (Å²) in [6, 6.07) is 13.1. The number of carbonyl (C=O) groups excluding carboxylic acids is 1. The molecule has 0 saturated heterocycles. The second kappa shape index (κ2) is 7.22. The molecular formula is C16H14BrIO2. The molecule has 0 unspecified atom stereocenters. The zero-order chi connectivity index (χ0) is 14.5. The molecule has 2 nitrogen and oxygen atoms in total. The van der Waals surface area contributed by atoms with Crippen LogP contribution in [0.15, 0.2) is 46.9 Å². The van der Waals surface area contributed by atoms with E-state index in [9.17, 15) is 4.79 Å². The van der Waals surface area contributed by atoms with Crippen molar-refractivity contribution in [2.45, 2.75) is 13.3 Å². The van der Waals surface area contributed by atoms with Gasteiger partial charge in [0.05, 0.1) is 12.2 Å². The van der Waals surface area contributed by atoms with Crippen molar-refractivity contribution in [3.05, 3.63) is 61.6 Å². The molecule has 0 saturated carbocycles. The van der Waals surface area contributed by atoms with E-state index >= 15 is 0 Å². The normalized spacial score (nSPS) is 10.3. The third kappa shape index (κ3) is 3.61. The van der Waals surface area contributed by atoms with Crippen LogP contribution in [0.4, 0.5) is 0 Å². The van der Waals surface area contributed by atoms with Crippen LogP contribution in [0.3, 0.4) is 0 Å². The highest BCUT2D eigenvalue weighted by Crippen LogP contribution is 2.26. The van der Waals surface area contributed by atoms with Gasteiger partial charge in [0.25, 0.3) is 0 Å². The summed E-state index contributed by atoms with van der Waals surface area (Å²) in [4.78, 5) is 12.7. The lowest BCUT2D eigenvalue weighted by Crippen LogP contribution is -2.07. The SMILES string of the molecule is CCCOc1ccccc1C(=O)c1cc(Br)ccc1I. The molecule has 0 bridgehead atoms. The smallest absolute Gasteiger partial charge is 0.197 e. The lowest BCUT2D eigenvalue weighted by Gasteiger charge is -2.11. The molecule has 0 N–H and O–H groups in total. The van der Waals surface area contributed by atoms with Crippen molar-refractivity contribution in [1.29, 1.82) is 0 Å². The summed E-state index contributed by atoms with van der Waals surface area (Å²) in [5, 5.41) is 0. The second-order valence-corrected chi connectivity index (χ2v) is 6.38. The van der Waals surface area contributed by atoms with Crippen LogP contribution in [-0.4, -0.2) is 12.4 Å². The summed E-state index contributed by atoms with van der Waals surface area (Å²) in [5.41, 5.74) is 1.30. The Hall–Kier alpha value is -0.880. The van der Waals surface area contributed by atoms with Gasteiger partial charge >= 0.3 is 0 Å². The first-order valence-electron chi connectivity index (χ1n) is 6.35. The molecular weight excluding hydrogens is 431 g/mol. The maximum absolute atomic E-state index is 12.7. The largest absolute Gasteiger partial charge is 0.493 e. The lowest BCUT2D eigenvalue weighted by molar-refractivity contribution is 0.103. The van der Waals surface area contributed by atoms with E-state index < -0.39 is 0 Å². The van der Waals surface area contributed by atoms with Gasteiger partial charge in [0, 0.05) is 13.6 Å². The van der Waals surface area contributed by atoms with Crippen LogP contribution in [0.2, 0.25) is 0 Å². The van der Waals surface area contributed by atoms with Gasteiger partial charge in [-0.25, -0.2) is 0 Å². The summed E-state index contributed by atoms with van der Waals surface area (Å²) in [6.07, 6.45) is 0.914. The van der Waals surface area contributed by atoms with Gasteiger partial charge < -0.3 is 4.74 Å². The van der Waals surface area contributed by atoms with Crippen molar-refractivity contribution in [2.75, 3.05) is 6.61 Å². The van der Waals surface area contributed by atoms with E-state index in [4.69, 9.17) is 4.74 Å². The highest BCUT2D eigenvalue weighted by molar-refractivity contribution is 14.1. The average molecular weight is 445 g/mol. The molecule has 2 rings (SSSR count). The lowest BCUT2D eigenvalue weighted by atomic mass is 10.0. The number of hydrogen-bond donors (Lipinski definition) is 0. The van der Waals surface area contributed by atoms with E-state index in [1.165, 1.54) is 0 Å². The molecule has 0 aliphatic heterocycles. The number of hydrogen-bond acceptors (Lipinski definition) is 2. The minimum Gasteiger partial charge on any atom is -0.493 e. The van der Waals surface area contributed by atoms with Crippen LogP contribution in [0.1, 0.15) is 29.3 Å². The van der Waals surface area contributed by atoms with Crippen LogP contribution >= 0.6 is 38.5 Å². The van der Waals surface area contributed by atoms with Crippen LogP contribution < -0.4 is 4.74 Å². The number of carbonyl (C=O) groups is 1. The molecule has 0 spiro atoms. The molecule has 0 aliphatic carbocycles. The Bertz CT molecular complexity index is 626. The fourth-order valence-corrected chi connectivity index (χ4v) is 2.75. The Morgan fingerprint density at radius 1 is 1.20 bits per heavy atom. The van der Waals surface area contributed by atoms with Crippen molar-refractivity contribution in [1.82, 2.24) is 0 Å². The number of ether oxygens (including phenoxy) is 1. The Morgan fingerprint density at radius 3 is 2.70 bits per heavy atom. The maximum atomic E-state index is 12.7. The quantitative estimate of drug-likeness (QED) is 0.475. The van der Waals surface area contributed by atoms with Crippen LogP contribution in [0.25, 0.3) is 0 Å². The summed E-state index contributed by atoms with van der Waals surface area (Å²) in [5.74, 6) is 0.637. The fourth-order valence-electron chi connectivity index (χ4n) is 1.81. The summed E-state index contributed by atoms with van der Waals surface area (Å²) in [6.45, 7) is 2.65. The third-order valence-corrected chi connectivity index (χ3v) is 4.20. The standard InChI is InChI=1S/C16H14BrIO2/c1-2-9-20-15-6-4-3-5-12(15)16(19)13-10-11(17)7-8-14(13)18/h3-8,10H,2,9H2,1H3. The molecule has 2 aromatic rings. The molecule has 104 valence electrons. The molecule has 0 amide bonds. The summed E-state index contributed by atoms with van der Waals surface area (Å²) >= 11 is 5.59. The molecule has 0 fully saturated rings. The molecule has 20 heavy (non-hydrogen) atoms. The van der Waals surface area contributed by atoms with E-state index in [0.717, 1.165) is 14.5 Å². The first-order valence-corrected chi connectivity index (χ1v) is 8.22. The highest BCUT2D eigenvalue weighted by atomic mass is 127. The molecule has 0 radical (unpaired) electrons. The Labute approximate surface area is 140 Å². The highest BCUT2D eigenvalue weighted by Gasteiger charge is 2.17. The Kier molecular flexibility index (Phi) is 5.60. The van der Waals surface area contributed by atoms with Gasteiger partial charge in [0.2, 0.25) is 0 Å². The maximum Gasteiger partial charge on any atom is 0.197 e. The number of para-hydroxylation sites is 1. The van der Waals surface area contributed by atoms with E-state index in [2.05, 4.69) is 38.5 Å². The molecule has 0 atom stereocenters. The third-order valence-electron chi connectivity index (χ3n) is 2.77. The van der Waals surface area contributed by atoms with Crippen LogP contribution in [0.5, 0.6) is 5.75 Å². The van der Waals surface area contributed by atoms with Gasteiger partial charge in [-0.15, -0.1) is 0 Å². The summed E-state index contributed by atoms with van der Waals surface area (Å²) < 4.78 is 7.49. The minimum absolute atomic E-state index is 0.0117. The van der Waals surface area contributed by atoms with E-state index in [1.807, 2.05) is 49.4 Å². The number of rotatable bonds is 5. The van der Waals surface area contributed by atoms with Crippen molar-refractivity contribution < 1.29 is 9.53 Å². The van der Waals surface area contributed by atoms with Gasteiger partial charge in [-0.1, -0.05) is 35.0 Å². The van der Waals surface area contributed by atoms with Crippen LogP contribution in [0, 0.1) is 3.57 Å². The van der Waals surface area contributed by atoms with Crippen molar-refractivity contribution >= 4 is 44.3 Å². The van der Waals surface area contributed by atoms with E-state index in [-0.39, 0.29) is 5.78 Å². The number of ketones is 1. The molecule has 2 aromatic carbocycles. The zero-order valence-electron chi connectivity index (χ0n) is 11.0. The van der Waals surface area contributed by atoms with Gasteiger partial charge in [-0.05, 0) is 59.3 Å². The Balaban J connectivity index is 2.40. The Morgan fingerprint density at radius 2 is 1.95 bits per heavy atom. The number of halogens is 2. The topological polar surface area (TPSA) is 26.3 Å². The van der Waals surface area contributed by atoms with Crippen molar-refractivity contribution in [2.24, 2.45) is 0 Å². The van der Waals surface area contributed by atoms with Crippen molar-refractivity contribution in [3.8, 4) is 5.75 Å². The van der Waals surface area contributed by atoms with E-state index in [0.29, 0.717) is 23.5 Å². The van der Waals surface area contributed by atoms with Gasteiger partial charge in [-0.3, -0.25) is 4.79 Å². The minimum atomic E-state index is -0.0117. The first kappa shape index (κ1) is 15.5. The predicted octanol–water partition coefficient (Wildman–Crippen LogP) is 5.07. The average Bonchev–Trinajstić information content (AvgIpc) is 2.47. The summed E-state index contributed by atoms with van der Waals surface area (Å²) in [7, 11) is 0. The molecule has 0 aromatic heterocycles. The van der Waals surface area contributed by atoms with Gasteiger partial charge in [-0.2, -0.15) is 0 Å². The van der Waals surface area contributed by atoms with Crippen LogP contribution in [-0.2, 0) is 0 Å². The van der Waals surface area contributed by atoms with E-state index in [1.54, 1.807) is 0 Å². The second-order valence-electron chi connectivity index (χ2n) is 4.30. The monoisotopic (exact) mass is 444 g/mol. The fraction of sp³-hybridized carbons (Fsp3) is 0.188. The molecule has 0 heterocycles. The van der Waals surface area contributed by atoms with Crippen molar-refractivity contribution in [3.63, 3.8) is 0 Å². The predicted molar refractivity (Wildman–Crippen MR) is 92.5 cm³/mol. The van der Waals surface area contributed by atoms with Gasteiger partial charge in [0.15, 0.2) is 5.78 Å². The zero-order valence-corrected chi connectivity index (χ0v) is 14.8. The number of benzene rings is 2. The first-order chi connectivity index (χ1) is 9.63. The molecule has 4 heteroatoms. The van der Waals surface area contributed by atoms with Gasteiger partial charge in [0.1, 0.15) is 5.75 Å².